The SMILES string of the molecule is CCOC(=O)Nc1nc(CC(=O)NC2CCN(C(=O)OCC)CC2)cs1. The maximum atomic E-state index is 12.2. The first-order valence-electron chi connectivity index (χ1n) is 8.61. The lowest BCUT2D eigenvalue weighted by atomic mass is 10.1. The van der Waals surface area contributed by atoms with Crippen molar-refractivity contribution in [2.45, 2.75) is 39.2 Å². The van der Waals surface area contributed by atoms with Crippen LogP contribution in [-0.4, -0.2) is 60.3 Å². The number of piperidine rings is 1. The van der Waals surface area contributed by atoms with Gasteiger partial charge in [0.15, 0.2) is 5.13 Å². The largest absolute Gasteiger partial charge is 0.450 e. The van der Waals surface area contributed by atoms with Gasteiger partial charge in [0.25, 0.3) is 0 Å². The van der Waals surface area contributed by atoms with Crippen molar-refractivity contribution in [1.29, 1.82) is 0 Å². The highest BCUT2D eigenvalue weighted by Gasteiger charge is 2.24. The van der Waals surface area contributed by atoms with Crippen LogP contribution in [0.5, 0.6) is 0 Å². The van der Waals surface area contributed by atoms with E-state index in [0.717, 1.165) is 0 Å². The van der Waals surface area contributed by atoms with Gasteiger partial charge in [-0.1, -0.05) is 0 Å². The number of carbonyl (C=O) groups excluding carboxylic acids is 3. The number of nitrogens with one attached hydrogen (secondary N) is 2. The van der Waals surface area contributed by atoms with Gasteiger partial charge in [-0.3, -0.25) is 10.1 Å². The summed E-state index contributed by atoms with van der Waals surface area (Å²) in [5.74, 6) is -0.132. The molecule has 0 radical (unpaired) electrons. The molecular formula is C16H24N4O5S. The number of aromatic nitrogens is 1. The highest BCUT2D eigenvalue weighted by molar-refractivity contribution is 7.13. The number of carbonyl (C=O) groups is 3. The summed E-state index contributed by atoms with van der Waals surface area (Å²) < 4.78 is 9.75. The van der Waals surface area contributed by atoms with E-state index in [1.165, 1.54) is 11.3 Å². The zero-order valence-electron chi connectivity index (χ0n) is 14.9. The van der Waals surface area contributed by atoms with Crippen LogP contribution in [0.15, 0.2) is 5.38 Å². The van der Waals surface area contributed by atoms with Crippen molar-refractivity contribution in [3.63, 3.8) is 0 Å². The first-order chi connectivity index (χ1) is 12.5. The number of hydrogen-bond acceptors (Lipinski definition) is 7. The monoisotopic (exact) mass is 384 g/mol. The van der Waals surface area contributed by atoms with Crippen LogP contribution in [0.25, 0.3) is 0 Å². The Morgan fingerprint density at radius 1 is 1.23 bits per heavy atom. The van der Waals surface area contributed by atoms with Crippen molar-refractivity contribution in [2.24, 2.45) is 0 Å². The summed E-state index contributed by atoms with van der Waals surface area (Å²) in [4.78, 5) is 41.0. The van der Waals surface area contributed by atoms with Gasteiger partial charge in [-0.05, 0) is 26.7 Å². The lowest BCUT2D eigenvalue weighted by Crippen LogP contribution is -2.47. The predicted octanol–water partition coefficient (Wildman–Crippen LogP) is 1.99. The molecule has 2 heterocycles. The molecule has 10 heteroatoms. The summed E-state index contributed by atoms with van der Waals surface area (Å²) in [5.41, 5.74) is 0.586. The number of nitrogens with zero attached hydrogens (tertiary/aromatic N) is 2. The second-order valence-electron chi connectivity index (χ2n) is 5.69. The molecule has 3 amide bonds. The maximum Gasteiger partial charge on any atom is 0.413 e. The van der Waals surface area contributed by atoms with Crippen LogP contribution in [-0.2, 0) is 20.7 Å². The van der Waals surface area contributed by atoms with Crippen LogP contribution >= 0.6 is 11.3 Å². The molecule has 1 aromatic rings. The molecular weight excluding hydrogens is 360 g/mol. The molecule has 0 unspecified atom stereocenters. The van der Waals surface area contributed by atoms with E-state index >= 15 is 0 Å². The van der Waals surface area contributed by atoms with Crippen molar-refractivity contribution in [1.82, 2.24) is 15.2 Å². The second kappa shape index (κ2) is 9.95. The Morgan fingerprint density at radius 3 is 2.58 bits per heavy atom. The third kappa shape index (κ3) is 6.17. The van der Waals surface area contributed by atoms with Crippen molar-refractivity contribution < 1.29 is 23.9 Å². The molecule has 0 bridgehead atoms. The number of amides is 3. The highest BCUT2D eigenvalue weighted by atomic mass is 32.1. The standard InChI is InChI=1S/C16H24N4O5S/c1-3-24-15(22)19-14-18-12(10-26-14)9-13(21)17-11-5-7-20(8-6-11)16(23)25-4-2/h10-11H,3-9H2,1-2H3,(H,17,21)(H,18,19,22). The van der Waals surface area contributed by atoms with E-state index in [4.69, 9.17) is 9.47 Å². The van der Waals surface area contributed by atoms with E-state index < -0.39 is 6.09 Å². The summed E-state index contributed by atoms with van der Waals surface area (Å²) >= 11 is 1.24. The Morgan fingerprint density at radius 2 is 1.92 bits per heavy atom. The van der Waals surface area contributed by atoms with Crippen molar-refractivity contribution in [3.8, 4) is 0 Å². The normalized spacial score (nSPS) is 14.6. The van der Waals surface area contributed by atoms with Gasteiger partial charge < -0.3 is 19.7 Å². The lowest BCUT2D eigenvalue weighted by molar-refractivity contribution is -0.121. The van der Waals surface area contributed by atoms with Crippen molar-refractivity contribution in [2.75, 3.05) is 31.6 Å². The zero-order valence-corrected chi connectivity index (χ0v) is 15.8. The Labute approximate surface area is 156 Å². The topological polar surface area (TPSA) is 110 Å². The van der Waals surface area contributed by atoms with Gasteiger partial charge in [-0.2, -0.15) is 0 Å². The molecule has 0 aromatic carbocycles. The summed E-state index contributed by atoms with van der Waals surface area (Å²) in [5, 5.41) is 7.60. The molecule has 0 saturated carbocycles. The molecule has 1 fully saturated rings. The average Bonchev–Trinajstić information content (AvgIpc) is 3.02. The van der Waals surface area contributed by atoms with Gasteiger partial charge >= 0.3 is 12.2 Å². The summed E-state index contributed by atoms with van der Waals surface area (Å²) in [7, 11) is 0. The first-order valence-corrected chi connectivity index (χ1v) is 9.49. The minimum Gasteiger partial charge on any atom is -0.450 e. The van der Waals surface area contributed by atoms with E-state index in [1.54, 1.807) is 24.1 Å². The van der Waals surface area contributed by atoms with E-state index in [1.807, 2.05) is 0 Å². The Hall–Kier alpha value is -2.36. The minimum absolute atomic E-state index is 0.0314. The van der Waals surface area contributed by atoms with Crippen molar-refractivity contribution >= 4 is 34.6 Å². The van der Waals surface area contributed by atoms with E-state index in [9.17, 15) is 14.4 Å². The van der Waals surface area contributed by atoms with Gasteiger partial charge in [0.1, 0.15) is 0 Å². The van der Waals surface area contributed by atoms with Gasteiger partial charge in [-0.15, -0.1) is 11.3 Å². The summed E-state index contributed by atoms with van der Waals surface area (Å²) in [6.45, 7) is 5.26. The average molecular weight is 384 g/mol. The smallest absolute Gasteiger partial charge is 0.413 e. The number of ether oxygens (including phenoxy) is 2. The number of rotatable bonds is 6. The molecule has 0 spiro atoms. The molecule has 26 heavy (non-hydrogen) atoms. The first kappa shape index (κ1) is 20.0. The Kier molecular flexibility index (Phi) is 7.64. The number of anilines is 1. The van der Waals surface area contributed by atoms with Crippen LogP contribution in [0.2, 0.25) is 0 Å². The quantitative estimate of drug-likeness (QED) is 0.776. The van der Waals surface area contributed by atoms with Crippen molar-refractivity contribution in [3.05, 3.63) is 11.1 Å². The molecule has 1 aliphatic heterocycles. The fourth-order valence-corrected chi connectivity index (χ4v) is 3.26. The molecule has 0 atom stereocenters. The molecule has 2 rings (SSSR count). The third-order valence-electron chi connectivity index (χ3n) is 3.76. The molecule has 9 nitrogen and oxygen atoms in total. The van der Waals surface area contributed by atoms with Gasteiger partial charge in [-0.25, -0.2) is 14.6 Å². The van der Waals surface area contributed by atoms with E-state index in [-0.39, 0.29) is 31.1 Å². The summed E-state index contributed by atoms with van der Waals surface area (Å²) in [6, 6.07) is 0.0314. The van der Waals surface area contributed by atoms with Gasteiger partial charge in [0.2, 0.25) is 5.91 Å². The lowest BCUT2D eigenvalue weighted by Gasteiger charge is -2.31. The number of hydrogen-bond donors (Lipinski definition) is 2. The minimum atomic E-state index is -0.564. The van der Waals surface area contributed by atoms with Crippen LogP contribution < -0.4 is 10.6 Å². The molecule has 0 aliphatic carbocycles. The van der Waals surface area contributed by atoms with Gasteiger partial charge in [0.05, 0.1) is 25.3 Å². The predicted molar refractivity (Wildman–Crippen MR) is 96.2 cm³/mol. The molecule has 1 aromatic heterocycles. The second-order valence-corrected chi connectivity index (χ2v) is 6.55. The fraction of sp³-hybridized carbons (Fsp3) is 0.625. The summed E-state index contributed by atoms with van der Waals surface area (Å²) in [6.07, 6.45) is 0.654. The molecule has 1 aliphatic rings. The Bertz CT molecular complexity index is 628. The van der Waals surface area contributed by atoms with E-state index in [0.29, 0.717) is 43.4 Å². The van der Waals surface area contributed by atoms with Crippen LogP contribution in [0.1, 0.15) is 32.4 Å². The molecule has 2 N–H and O–H groups in total. The van der Waals surface area contributed by atoms with Gasteiger partial charge in [0, 0.05) is 24.5 Å². The maximum absolute atomic E-state index is 12.2. The third-order valence-corrected chi connectivity index (χ3v) is 4.57. The van der Waals surface area contributed by atoms with Crippen LogP contribution in [0, 0.1) is 0 Å². The number of likely N-dealkylation sites (tertiary alicyclic amines) is 1. The number of thiazole rings is 1. The zero-order chi connectivity index (χ0) is 18.9. The highest BCUT2D eigenvalue weighted by Crippen LogP contribution is 2.17. The Balaban J connectivity index is 1.73. The fourth-order valence-electron chi connectivity index (χ4n) is 2.56. The molecule has 144 valence electrons. The van der Waals surface area contributed by atoms with Crippen LogP contribution in [0.4, 0.5) is 14.7 Å². The van der Waals surface area contributed by atoms with Crippen LogP contribution in [0.3, 0.4) is 0 Å². The molecule has 1 saturated heterocycles. The van der Waals surface area contributed by atoms with E-state index in [2.05, 4.69) is 15.6 Å².